The van der Waals surface area contributed by atoms with E-state index in [9.17, 15) is 9.59 Å². The highest BCUT2D eigenvalue weighted by molar-refractivity contribution is 5.78. The molecular weight excluding hydrogens is 242 g/mol. The molecule has 0 atom stereocenters. The summed E-state index contributed by atoms with van der Waals surface area (Å²) in [4.78, 5) is 25.6. The lowest BCUT2D eigenvalue weighted by molar-refractivity contribution is -0.133. The number of rotatable bonds is 4. The van der Waals surface area contributed by atoms with Crippen molar-refractivity contribution in [2.75, 3.05) is 26.2 Å². The first kappa shape index (κ1) is 14.3. The molecular formula is C14H25N3O2. The lowest BCUT2D eigenvalue weighted by atomic mass is 9.97. The maximum absolute atomic E-state index is 12.0. The fourth-order valence-corrected chi connectivity index (χ4v) is 2.51. The van der Waals surface area contributed by atoms with Gasteiger partial charge in [-0.3, -0.25) is 9.59 Å². The number of nitrogens with zero attached hydrogens (tertiary/aromatic N) is 1. The summed E-state index contributed by atoms with van der Waals surface area (Å²) in [5.41, 5.74) is 0. The molecule has 0 aromatic rings. The van der Waals surface area contributed by atoms with Crippen LogP contribution in [-0.4, -0.2) is 48.9 Å². The maximum atomic E-state index is 12.0. The molecule has 2 N–H and O–H groups in total. The Morgan fingerprint density at radius 1 is 1.26 bits per heavy atom. The summed E-state index contributed by atoms with van der Waals surface area (Å²) >= 11 is 0. The van der Waals surface area contributed by atoms with Gasteiger partial charge in [0.15, 0.2) is 0 Å². The third kappa shape index (κ3) is 3.93. The lowest BCUT2D eigenvalue weighted by Crippen LogP contribution is -2.49. The van der Waals surface area contributed by atoms with Crippen molar-refractivity contribution in [1.82, 2.24) is 15.5 Å². The molecule has 19 heavy (non-hydrogen) atoms. The summed E-state index contributed by atoms with van der Waals surface area (Å²) < 4.78 is 0. The zero-order valence-corrected chi connectivity index (χ0v) is 11.9. The Morgan fingerprint density at radius 2 is 1.89 bits per heavy atom. The van der Waals surface area contributed by atoms with Gasteiger partial charge in [0.1, 0.15) is 0 Å². The number of hydrogen-bond donors (Lipinski definition) is 2. The van der Waals surface area contributed by atoms with Crippen molar-refractivity contribution in [2.24, 2.45) is 11.8 Å². The maximum Gasteiger partial charge on any atom is 0.222 e. The van der Waals surface area contributed by atoms with E-state index >= 15 is 0 Å². The van der Waals surface area contributed by atoms with E-state index in [1.54, 1.807) is 0 Å². The molecule has 2 fully saturated rings. The van der Waals surface area contributed by atoms with Crippen LogP contribution in [0.2, 0.25) is 0 Å². The highest BCUT2D eigenvalue weighted by Gasteiger charge is 2.27. The molecule has 2 heterocycles. The summed E-state index contributed by atoms with van der Waals surface area (Å²) in [7, 11) is 0. The first-order chi connectivity index (χ1) is 9.06. The average molecular weight is 267 g/mol. The topological polar surface area (TPSA) is 61.4 Å². The molecule has 5 heteroatoms. The lowest BCUT2D eigenvalue weighted by Gasteiger charge is -2.35. The number of nitrogens with one attached hydrogen (secondary N) is 2. The molecule has 0 unspecified atom stereocenters. The van der Waals surface area contributed by atoms with Crippen LogP contribution in [0.3, 0.4) is 0 Å². The van der Waals surface area contributed by atoms with Crippen molar-refractivity contribution in [3.8, 4) is 0 Å². The van der Waals surface area contributed by atoms with E-state index in [-0.39, 0.29) is 23.8 Å². The van der Waals surface area contributed by atoms with Crippen LogP contribution in [0.1, 0.15) is 33.1 Å². The number of likely N-dealkylation sites (tertiary alicyclic amines) is 1. The first-order valence-electron chi connectivity index (χ1n) is 7.35. The summed E-state index contributed by atoms with van der Waals surface area (Å²) in [5.74, 6) is 0.960. The number of amides is 2. The van der Waals surface area contributed by atoms with Crippen LogP contribution in [0.15, 0.2) is 0 Å². The van der Waals surface area contributed by atoms with E-state index in [0.29, 0.717) is 12.3 Å². The number of carbonyl (C=O) groups is 2. The van der Waals surface area contributed by atoms with Crippen molar-refractivity contribution >= 4 is 11.8 Å². The normalized spacial score (nSPS) is 21.3. The largest absolute Gasteiger partial charge is 0.353 e. The molecule has 108 valence electrons. The third-order valence-electron chi connectivity index (χ3n) is 4.05. The zero-order valence-electron chi connectivity index (χ0n) is 11.9. The van der Waals surface area contributed by atoms with Crippen LogP contribution < -0.4 is 10.6 Å². The molecule has 0 spiro atoms. The molecule has 2 amide bonds. The van der Waals surface area contributed by atoms with Crippen LogP contribution in [0.4, 0.5) is 0 Å². The quantitative estimate of drug-likeness (QED) is 0.773. The Kier molecular flexibility index (Phi) is 4.80. The minimum absolute atomic E-state index is 0.0331. The van der Waals surface area contributed by atoms with Gasteiger partial charge in [0.2, 0.25) is 11.8 Å². The first-order valence-corrected chi connectivity index (χ1v) is 7.35. The van der Waals surface area contributed by atoms with Crippen molar-refractivity contribution in [3.05, 3.63) is 0 Å². The molecule has 2 rings (SSSR count). The van der Waals surface area contributed by atoms with Crippen LogP contribution in [-0.2, 0) is 9.59 Å². The third-order valence-corrected chi connectivity index (χ3v) is 4.05. The van der Waals surface area contributed by atoms with E-state index < -0.39 is 0 Å². The summed E-state index contributed by atoms with van der Waals surface area (Å²) in [6.45, 7) is 7.32. The highest BCUT2D eigenvalue weighted by atomic mass is 16.2. The Morgan fingerprint density at radius 3 is 2.37 bits per heavy atom. The molecule has 0 aliphatic carbocycles. The summed E-state index contributed by atoms with van der Waals surface area (Å²) in [6.07, 6.45) is 2.44. The Hall–Kier alpha value is -1.10. The van der Waals surface area contributed by atoms with Gasteiger partial charge in [-0.2, -0.15) is 0 Å². The number of hydrogen-bond acceptors (Lipinski definition) is 3. The second-order valence-electron chi connectivity index (χ2n) is 6.05. The van der Waals surface area contributed by atoms with Gasteiger partial charge < -0.3 is 15.5 Å². The molecule has 2 saturated heterocycles. The van der Waals surface area contributed by atoms with Gasteiger partial charge in [-0.25, -0.2) is 0 Å². The smallest absolute Gasteiger partial charge is 0.222 e. The van der Waals surface area contributed by atoms with Gasteiger partial charge in [-0.05, 0) is 31.8 Å². The van der Waals surface area contributed by atoms with Crippen molar-refractivity contribution < 1.29 is 9.59 Å². The Balaban J connectivity index is 1.69. The van der Waals surface area contributed by atoms with Gasteiger partial charge in [-0.15, -0.1) is 0 Å². The van der Waals surface area contributed by atoms with Gasteiger partial charge in [0.05, 0.1) is 0 Å². The minimum Gasteiger partial charge on any atom is -0.353 e. The van der Waals surface area contributed by atoms with Crippen LogP contribution in [0.25, 0.3) is 0 Å². The van der Waals surface area contributed by atoms with E-state index in [1.165, 1.54) is 0 Å². The molecule has 0 aromatic heterocycles. The van der Waals surface area contributed by atoms with E-state index in [2.05, 4.69) is 10.6 Å². The molecule has 0 aromatic carbocycles. The standard InChI is InChI=1S/C14H25N3O2/c1-10(2)14(19)16-12-3-5-17(6-4-12)13(18)7-11-8-15-9-11/h10-12,15H,3-9H2,1-2H3,(H,16,19). The SMILES string of the molecule is CC(C)C(=O)NC1CCN(C(=O)CC2CNC2)CC1. The summed E-state index contributed by atoms with van der Waals surface area (Å²) in [5, 5.41) is 6.24. The number of piperidine rings is 1. The van der Waals surface area contributed by atoms with Gasteiger partial charge in [0, 0.05) is 31.5 Å². The molecule has 2 aliphatic rings. The van der Waals surface area contributed by atoms with E-state index in [1.807, 2.05) is 18.7 Å². The molecule has 0 bridgehead atoms. The van der Waals surface area contributed by atoms with E-state index in [4.69, 9.17) is 0 Å². The van der Waals surface area contributed by atoms with Crippen LogP contribution in [0, 0.1) is 11.8 Å². The van der Waals surface area contributed by atoms with E-state index in [0.717, 1.165) is 39.0 Å². The van der Waals surface area contributed by atoms with Gasteiger partial charge >= 0.3 is 0 Å². The number of carbonyl (C=O) groups excluding carboxylic acids is 2. The van der Waals surface area contributed by atoms with Crippen molar-refractivity contribution in [3.63, 3.8) is 0 Å². The highest BCUT2D eigenvalue weighted by Crippen LogP contribution is 2.16. The minimum atomic E-state index is 0.0331. The van der Waals surface area contributed by atoms with Crippen LogP contribution in [0.5, 0.6) is 0 Å². The molecule has 0 saturated carbocycles. The molecule has 0 radical (unpaired) electrons. The Bertz CT molecular complexity index is 332. The average Bonchev–Trinajstić information content (AvgIpc) is 2.34. The van der Waals surface area contributed by atoms with Crippen molar-refractivity contribution in [2.45, 2.75) is 39.2 Å². The summed E-state index contributed by atoms with van der Waals surface area (Å²) in [6, 6.07) is 0.240. The fraction of sp³-hybridized carbons (Fsp3) is 0.857. The predicted octanol–water partition coefficient (Wildman–Crippen LogP) is 0.359. The Labute approximate surface area is 115 Å². The van der Waals surface area contributed by atoms with Crippen LogP contribution >= 0.6 is 0 Å². The van der Waals surface area contributed by atoms with Gasteiger partial charge in [0.25, 0.3) is 0 Å². The predicted molar refractivity (Wildman–Crippen MR) is 73.6 cm³/mol. The molecule has 2 aliphatic heterocycles. The second-order valence-corrected chi connectivity index (χ2v) is 6.05. The monoisotopic (exact) mass is 267 g/mol. The van der Waals surface area contributed by atoms with Crippen molar-refractivity contribution in [1.29, 1.82) is 0 Å². The fourth-order valence-electron chi connectivity index (χ4n) is 2.51. The molecule has 5 nitrogen and oxygen atoms in total. The van der Waals surface area contributed by atoms with Gasteiger partial charge in [-0.1, -0.05) is 13.8 Å². The second kappa shape index (κ2) is 6.37. The zero-order chi connectivity index (χ0) is 13.8.